The third-order valence-corrected chi connectivity index (χ3v) is 4.54. The number of hydrogen-bond donors (Lipinski definition) is 0. The second-order valence-electron chi connectivity index (χ2n) is 5.96. The van der Waals surface area contributed by atoms with Crippen LogP contribution in [0.4, 0.5) is 5.69 Å². The number of fused-ring (bicyclic) bond motifs is 1. The summed E-state index contributed by atoms with van der Waals surface area (Å²) in [7, 11) is 0. The summed E-state index contributed by atoms with van der Waals surface area (Å²) >= 11 is 12.1. The molecule has 0 unspecified atom stereocenters. The SMILES string of the molecule is Cc1ccc2nc(-c3ccc(N=Cc4ccc(Cl)cc4Cl)cc3)oc2c1. The van der Waals surface area contributed by atoms with E-state index in [1.165, 1.54) is 0 Å². The Kier molecular flexibility index (Phi) is 4.49. The highest BCUT2D eigenvalue weighted by molar-refractivity contribution is 6.36. The lowest BCUT2D eigenvalue weighted by Gasteiger charge is -1.99. The molecule has 3 aromatic carbocycles. The number of halogens is 2. The first-order valence-electron chi connectivity index (χ1n) is 8.05. The Hall–Kier alpha value is -2.62. The molecule has 0 bridgehead atoms. The summed E-state index contributed by atoms with van der Waals surface area (Å²) in [6.07, 6.45) is 1.72. The van der Waals surface area contributed by atoms with Gasteiger partial charge in [0.05, 0.1) is 10.7 Å². The van der Waals surface area contributed by atoms with E-state index < -0.39 is 0 Å². The Bertz CT molecular complexity index is 1110. The molecule has 26 heavy (non-hydrogen) atoms. The molecule has 0 fully saturated rings. The van der Waals surface area contributed by atoms with E-state index in [1.54, 1.807) is 18.3 Å². The van der Waals surface area contributed by atoms with Crippen molar-refractivity contribution in [3.8, 4) is 11.5 Å². The monoisotopic (exact) mass is 380 g/mol. The molecule has 5 heteroatoms. The van der Waals surface area contributed by atoms with Gasteiger partial charge < -0.3 is 4.42 Å². The lowest BCUT2D eigenvalue weighted by molar-refractivity contribution is 0.619. The first kappa shape index (κ1) is 16.8. The topological polar surface area (TPSA) is 38.4 Å². The largest absolute Gasteiger partial charge is 0.436 e. The number of rotatable bonds is 3. The molecular formula is C21H14Cl2N2O. The smallest absolute Gasteiger partial charge is 0.227 e. The van der Waals surface area contributed by atoms with E-state index >= 15 is 0 Å². The average Bonchev–Trinajstić information content (AvgIpc) is 3.04. The van der Waals surface area contributed by atoms with E-state index in [0.29, 0.717) is 15.9 Å². The number of nitrogens with zero attached hydrogens (tertiary/aromatic N) is 2. The molecule has 0 aliphatic carbocycles. The number of benzene rings is 3. The maximum atomic E-state index is 6.15. The minimum Gasteiger partial charge on any atom is -0.436 e. The summed E-state index contributed by atoms with van der Waals surface area (Å²) in [5.41, 5.74) is 5.32. The molecule has 0 saturated heterocycles. The standard InChI is InChI=1S/C21H14Cl2N2O/c1-13-2-9-19-20(10-13)26-21(25-19)14-4-7-17(8-5-14)24-12-15-3-6-16(22)11-18(15)23/h2-12H,1H3. The number of oxazole rings is 1. The van der Waals surface area contributed by atoms with Crippen LogP contribution >= 0.6 is 23.2 Å². The molecule has 4 aromatic rings. The normalized spacial score (nSPS) is 11.5. The molecule has 0 spiro atoms. The molecule has 0 aliphatic rings. The molecule has 1 aromatic heterocycles. The van der Waals surface area contributed by atoms with E-state index in [1.807, 2.05) is 55.5 Å². The fourth-order valence-corrected chi connectivity index (χ4v) is 3.05. The van der Waals surface area contributed by atoms with Gasteiger partial charge in [-0.2, -0.15) is 0 Å². The second-order valence-corrected chi connectivity index (χ2v) is 6.80. The zero-order chi connectivity index (χ0) is 18.1. The van der Waals surface area contributed by atoms with Crippen LogP contribution in [0.2, 0.25) is 10.0 Å². The van der Waals surface area contributed by atoms with E-state index in [0.717, 1.165) is 33.5 Å². The van der Waals surface area contributed by atoms with Gasteiger partial charge in [0.15, 0.2) is 5.58 Å². The summed E-state index contributed by atoms with van der Waals surface area (Å²) in [6, 6.07) is 19.0. The Morgan fingerprint density at radius 3 is 2.54 bits per heavy atom. The Morgan fingerprint density at radius 2 is 1.77 bits per heavy atom. The van der Waals surface area contributed by atoms with Crippen molar-refractivity contribution in [2.24, 2.45) is 4.99 Å². The minimum atomic E-state index is 0.569. The van der Waals surface area contributed by atoms with Gasteiger partial charge >= 0.3 is 0 Å². The third kappa shape index (κ3) is 3.50. The molecule has 0 radical (unpaired) electrons. The van der Waals surface area contributed by atoms with Crippen LogP contribution in [0.3, 0.4) is 0 Å². The van der Waals surface area contributed by atoms with Gasteiger partial charge in [0.1, 0.15) is 5.52 Å². The molecule has 3 nitrogen and oxygen atoms in total. The fourth-order valence-electron chi connectivity index (χ4n) is 2.60. The van der Waals surface area contributed by atoms with Gasteiger partial charge in [-0.15, -0.1) is 0 Å². The fraction of sp³-hybridized carbons (Fsp3) is 0.0476. The summed E-state index contributed by atoms with van der Waals surface area (Å²) in [4.78, 5) is 8.98. The highest BCUT2D eigenvalue weighted by Crippen LogP contribution is 2.27. The third-order valence-electron chi connectivity index (χ3n) is 3.97. The van der Waals surface area contributed by atoms with E-state index in [4.69, 9.17) is 27.6 Å². The summed E-state index contributed by atoms with van der Waals surface area (Å²) in [5.74, 6) is 0.599. The molecule has 0 saturated carbocycles. The van der Waals surface area contributed by atoms with Gasteiger partial charge in [-0.1, -0.05) is 35.3 Å². The van der Waals surface area contributed by atoms with Crippen molar-refractivity contribution in [3.63, 3.8) is 0 Å². The minimum absolute atomic E-state index is 0.569. The number of hydrogen-bond acceptors (Lipinski definition) is 3. The van der Waals surface area contributed by atoms with Crippen LogP contribution in [0.25, 0.3) is 22.6 Å². The Labute approximate surface area is 160 Å². The summed E-state index contributed by atoms with van der Waals surface area (Å²) in [5, 5.41) is 1.17. The highest BCUT2D eigenvalue weighted by Gasteiger charge is 2.08. The molecule has 0 atom stereocenters. The molecule has 128 valence electrons. The predicted molar refractivity (Wildman–Crippen MR) is 108 cm³/mol. The molecule has 0 N–H and O–H groups in total. The van der Waals surface area contributed by atoms with E-state index in [-0.39, 0.29) is 0 Å². The van der Waals surface area contributed by atoms with Gasteiger partial charge in [0, 0.05) is 22.4 Å². The van der Waals surface area contributed by atoms with Crippen LogP contribution in [0, 0.1) is 6.92 Å². The summed E-state index contributed by atoms with van der Waals surface area (Å²) < 4.78 is 5.85. The van der Waals surface area contributed by atoms with Crippen LogP contribution in [0.5, 0.6) is 0 Å². The highest BCUT2D eigenvalue weighted by atomic mass is 35.5. The predicted octanol–water partition coefficient (Wildman–Crippen LogP) is 6.86. The van der Waals surface area contributed by atoms with E-state index in [2.05, 4.69) is 9.98 Å². The Morgan fingerprint density at radius 1 is 0.962 bits per heavy atom. The second kappa shape index (κ2) is 6.94. The van der Waals surface area contributed by atoms with Crippen molar-refractivity contribution < 1.29 is 4.42 Å². The molecule has 0 amide bonds. The van der Waals surface area contributed by atoms with Crippen LogP contribution in [0.15, 0.2) is 70.1 Å². The quantitative estimate of drug-likeness (QED) is 0.364. The van der Waals surface area contributed by atoms with Crippen molar-refractivity contribution >= 4 is 46.2 Å². The number of aliphatic imine (C=N–C) groups is 1. The maximum Gasteiger partial charge on any atom is 0.227 e. The molecule has 0 aliphatic heterocycles. The van der Waals surface area contributed by atoms with Crippen molar-refractivity contribution in [1.82, 2.24) is 4.98 Å². The van der Waals surface area contributed by atoms with Crippen LogP contribution in [0.1, 0.15) is 11.1 Å². The maximum absolute atomic E-state index is 6.15. The van der Waals surface area contributed by atoms with Gasteiger partial charge in [0.2, 0.25) is 5.89 Å². The zero-order valence-corrected chi connectivity index (χ0v) is 15.4. The first-order valence-corrected chi connectivity index (χ1v) is 8.81. The first-order chi connectivity index (χ1) is 12.6. The number of aryl methyl sites for hydroxylation is 1. The average molecular weight is 381 g/mol. The van der Waals surface area contributed by atoms with Crippen molar-refractivity contribution in [2.45, 2.75) is 6.92 Å². The van der Waals surface area contributed by atoms with Gasteiger partial charge in [-0.25, -0.2) is 4.98 Å². The lowest BCUT2D eigenvalue weighted by Crippen LogP contribution is -1.82. The zero-order valence-electron chi connectivity index (χ0n) is 13.9. The van der Waals surface area contributed by atoms with Crippen LogP contribution < -0.4 is 0 Å². The lowest BCUT2D eigenvalue weighted by atomic mass is 10.2. The number of aromatic nitrogens is 1. The van der Waals surface area contributed by atoms with Gasteiger partial charge in [0.25, 0.3) is 0 Å². The Balaban J connectivity index is 1.58. The van der Waals surface area contributed by atoms with E-state index in [9.17, 15) is 0 Å². The molecular weight excluding hydrogens is 367 g/mol. The van der Waals surface area contributed by atoms with Crippen molar-refractivity contribution in [1.29, 1.82) is 0 Å². The van der Waals surface area contributed by atoms with Gasteiger partial charge in [-0.3, -0.25) is 4.99 Å². The van der Waals surface area contributed by atoms with Crippen LogP contribution in [-0.4, -0.2) is 11.2 Å². The van der Waals surface area contributed by atoms with Crippen LogP contribution in [-0.2, 0) is 0 Å². The van der Waals surface area contributed by atoms with Crippen molar-refractivity contribution in [3.05, 3.63) is 81.8 Å². The molecule has 1 heterocycles. The van der Waals surface area contributed by atoms with Crippen molar-refractivity contribution in [2.75, 3.05) is 0 Å². The van der Waals surface area contributed by atoms with Gasteiger partial charge in [-0.05, 0) is 61.0 Å². The summed E-state index contributed by atoms with van der Waals surface area (Å²) in [6.45, 7) is 2.03. The molecule has 4 rings (SSSR count).